The minimum absolute atomic E-state index is 0.178. The number of aromatic nitrogens is 1. The van der Waals surface area contributed by atoms with Crippen LogP contribution in [0.4, 0.5) is 0 Å². The van der Waals surface area contributed by atoms with Crippen LogP contribution in [0.2, 0.25) is 0 Å². The molecule has 6 heteroatoms. The molecule has 5 nitrogen and oxygen atoms in total. The van der Waals surface area contributed by atoms with E-state index in [9.17, 15) is 4.79 Å². The Hall–Kier alpha value is -3.12. The lowest BCUT2D eigenvalue weighted by Crippen LogP contribution is -2.24. The maximum atomic E-state index is 12.4. The van der Waals surface area contributed by atoms with Gasteiger partial charge in [0.25, 0.3) is 0 Å². The number of nitrogens with zero attached hydrogens (tertiary/aromatic N) is 1. The van der Waals surface area contributed by atoms with E-state index in [1.807, 2.05) is 67.8 Å². The number of ether oxygens (including phenoxy) is 2. The SMILES string of the molecule is COc1ccccc1[C@@H](C)NC(=O)/C=C/c1ccccc1OCc1csc(C)n1. The second kappa shape index (κ2) is 9.89. The molecule has 2 aromatic carbocycles. The van der Waals surface area contributed by atoms with Gasteiger partial charge in [-0.05, 0) is 32.1 Å². The molecule has 0 saturated heterocycles. The van der Waals surface area contributed by atoms with Crippen LogP contribution in [0.25, 0.3) is 6.08 Å². The third-order valence-electron chi connectivity index (χ3n) is 4.34. The van der Waals surface area contributed by atoms with Gasteiger partial charge in [-0.25, -0.2) is 4.98 Å². The van der Waals surface area contributed by atoms with Crippen LogP contribution in [0.1, 0.15) is 34.8 Å². The number of hydrogen-bond acceptors (Lipinski definition) is 5. The fourth-order valence-corrected chi connectivity index (χ4v) is 3.50. The second-order valence-electron chi connectivity index (χ2n) is 6.49. The molecule has 1 aromatic heterocycles. The van der Waals surface area contributed by atoms with E-state index in [0.717, 1.165) is 27.6 Å². The van der Waals surface area contributed by atoms with Crippen molar-refractivity contribution in [2.24, 2.45) is 0 Å². The Labute approximate surface area is 175 Å². The number of aryl methyl sites for hydroxylation is 1. The van der Waals surface area contributed by atoms with Gasteiger partial charge in [0.15, 0.2) is 0 Å². The third-order valence-corrected chi connectivity index (χ3v) is 5.16. The minimum atomic E-state index is -0.187. The zero-order valence-electron chi connectivity index (χ0n) is 16.7. The highest BCUT2D eigenvalue weighted by atomic mass is 32.1. The predicted molar refractivity (Wildman–Crippen MR) is 116 cm³/mol. The number of hydrogen-bond donors (Lipinski definition) is 1. The third kappa shape index (κ3) is 5.68. The maximum Gasteiger partial charge on any atom is 0.244 e. The van der Waals surface area contributed by atoms with Gasteiger partial charge in [0.2, 0.25) is 5.91 Å². The Morgan fingerprint density at radius 3 is 2.62 bits per heavy atom. The first-order valence-corrected chi connectivity index (χ1v) is 10.2. The lowest BCUT2D eigenvalue weighted by Gasteiger charge is -2.16. The van der Waals surface area contributed by atoms with Crippen molar-refractivity contribution in [1.29, 1.82) is 0 Å². The molecule has 29 heavy (non-hydrogen) atoms. The van der Waals surface area contributed by atoms with Crippen LogP contribution in [0.15, 0.2) is 60.0 Å². The lowest BCUT2D eigenvalue weighted by molar-refractivity contribution is -0.117. The number of para-hydroxylation sites is 2. The van der Waals surface area contributed by atoms with E-state index >= 15 is 0 Å². The molecular formula is C23H24N2O3S. The van der Waals surface area contributed by atoms with Gasteiger partial charge in [-0.1, -0.05) is 36.4 Å². The first kappa shape index (κ1) is 20.6. The van der Waals surface area contributed by atoms with E-state index in [-0.39, 0.29) is 11.9 Å². The molecule has 0 fully saturated rings. The summed E-state index contributed by atoms with van der Waals surface area (Å²) < 4.78 is 11.3. The Balaban J connectivity index is 1.64. The Morgan fingerprint density at radius 1 is 1.17 bits per heavy atom. The number of amides is 1. The zero-order valence-corrected chi connectivity index (χ0v) is 17.5. The first-order valence-electron chi connectivity index (χ1n) is 9.31. The van der Waals surface area contributed by atoms with Crippen molar-refractivity contribution in [1.82, 2.24) is 10.3 Å². The lowest BCUT2D eigenvalue weighted by atomic mass is 10.1. The number of rotatable bonds is 8. The monoisotopic (exact) mass is 408 g/mol. The molecule has 0 aliphatic rings. The molecule has 1 heterocycles. The number of methoxy groups -OCH3 is 1. The van der Waals surface area contributed by atoms with Gasteiger partial charge in [-0.2, -0.15) is 0 Å². The van der Waals surface area contributed by atoms with E-state index in [4.69, 9.17) is 9.47 Å². The smallest absolute Gasteiger partial charge is 0.244 e. The zero-order chi connectivity index (χ0) is 20.6. The van der Waals surface area contributed by atoms with Crippen LogP contribution >= 0.6 is 11.3 Å². The van der Waals surface area contributed by atoms with Gasteiger partial charge in [-0.15, -0.1) is 11.3 Å². The molecule has 0 bridgehead atoms. The van der Waals surface area contributed by atoms with Gasteiger partial charge < -0.3 is 14.8 Å². The molecule has 0 saturated carbocycles. The van der Waals surface area contributed by atoms with Crippen molar-refractivity contribution >= 4 is 23.3 Å². The summed E-state index contributed by atoms with van der Waals surface area (Å²) in [7, 11) is 1.62. The molecule has 3 aromatic rings. The fraction of sp³-hybridized carbons (Fsp3) is 0.217. The molecule has 1 amide bonds. The quantitative estimate of drug-likeness (QED) is 0.537. The van der Waals surface area contributed by atoms with Crippen molar-refractivity contribution in [2.45, 2.75) is 26.5 Å². The predicted octanol–water partition coefficient (Wildman–Crippen LogP) is 4.93. The largest absolute Gasteiger partial charge is 0.496 e. The number of benzene rings is 2. The highest BCUT2D eigenvalue weighted by Crippen LogP contribution is 2.24. The summed E-state index contributed by atoms with van der Waals surface area (Å²) in [5.74, 6) is 1.27. The van der Waals surface area contributed by atoms with Gasteiger partial charge in [-0.3, -0.25) is 4.79 Å². The summed E-state index contributed by atoms with van der Waals surface area (Å²) in [6.07, 6.45) is 3.27. The standard InChI is InChI=1S/C23H24N2O3S/c1-16(20-9-5-7-11-22(20)27-3)24-23(26)13-12-18-8-4-6-10-21(18)28-14-19-15-29-17(2)25-19/h4-13,15-16H,14H2,1-3H3,(H,24,26)/b13-12+/t16-/m1/s1. The average Bonchev–Trinajstić information content (AvgIpc) is 3.16. The second-order valence-corrected chi connectivity index (χ2v) is 7.55. The Morgan fingerprint density at radius 2 is 1.90 bits per heavy atom. The van der Waals surface area contributed by atoms with Crippen molar-refractivity contribution in [3.05, 3.63) is 81.8 Å². The number of carbonyl (C=O) groups excluding carboxylic acids is 1. The van der Waals surface area contributed by atoms with Crippen LogP contribution in [0, 0.1) is 6.92 Å². The summed E-state index contributed by atoms with van der Waals surface area (Å²) in [6, 6.07) is 15.1. The molecule has 0 aliphatic heterocycles. The highest BCUT2D eigenvalue weighted by molar-refractivity contribution is 7.09. The summed E-state index contributed by atoms with van der Waals surface area (Å²) in [5, 5.41) is 5.96. The molecule has 0 spiro atoms. The van der Waals surface area contributed by atoms with Gasteiger partial charge >= 0.3 is 0 Å². The van der Waals surface area contributed by atoms with E-state index < -0.39 is 0 Å². The summed E-state index contributed by atoms with van der Waals surface area (Å²) in [6.45, 7) is 4.29. The number of thiazole rings is 1. The van der Waals surface area contributed by atoms with E-state index in [1.54, 1.807) is 24.5 Å². The number of nitrogens with one attached hydrogen (secondary N) is 1. The van der Waals surface area contributed by atoms with Crippen LogP contribution in [-0.4, -0.2) is 18.0 Å². The average molecular weight is 409 g/mol. The summed E-state index contributed by atoms with van der Waals surface area (Å²) >= 11 is 1.60. The van der Waals surface area contributed by atoms with Crippen LogP contribution in [0.3, 0.4) is 0 Å². The molecule has 0 aliphatic carbocycles. The molecule has 0 unspecified atom stereocenters. The summed E-state index contributed by atoms with van der Waals surface area (Å²) in [4.78, 5) is 16.8. The molecule has 150 valence electrons. The summed E-state index contributed by atoms with van der Waals surface area (Å²) in [5.41, 5.74) is 2.66. The van der Waals surface area contributed by atoms with E-state index in [1.165, 1.54) is 6.08 Å². The molecule has 3 rings (SSSR count). The van der Waals surface area contributed by atoms with Gasteiger partial charge in [0.1, 0.15) is 18.1 Å². The topological polar surface area (TPSA) is 60.5 Å². The molecule has 1 atom stereocenters. The molecule has 0 radical (unpaired) electrons. The minimum Gasteiger partial charge on any atom is -0.496 e. The first-order chi connectivity index (χ1) is 14.1. The Bertz CT molecular complexity index is 997. The number of carbonyl (C=O) groups is 1. The van der Waals surface area contributed by atoms with Crippen LogP contribution in [0.5, 0.6) is 11.5 Å². The molecule has 1 N–H and O–H groups in total. The fourth-order valence-electron chi connectivity index (χ4n) is 2.90. The van der Waals surface area contributed by atoms with Crippen molar-refractivity contribution < 1.29 is 14.3 Å². The van der Waals surface area contributed by atoms with Crippen molar-refractivity contribution in [2.75, 3.05) is 7.11 Å². The van der Waals surface area contributed by atoms with E-state index in [2.05, 4.69) is 10.3 Å². The normalized spacial score (nSPS) is 12.0. The van der Waals surface area contributed by atoms with Gasteiger partial charge in [0, 0.05) is 22.6 Å². The van der Waals surface area contributed by atoms with E-state index in [0.29, 0.717) is 12.4 Å². The van der Waals surface area contributed by atoms with Crippen molar-refractivity contribution in [3.63, 3.8) is 0 Å². The maximum absolute atomic E-state index is 12.4. The van der Waals surface area contributed by atoms with Crippen LogP contribution in [-0.2, 0) is 11.4 Å². The molecular weight excluding hydrogens is 384 g/mol. The van der Waals surface area contributed by atoms with Crippen molar-refractivity contribution in [3.8, 4) is 11.5 Å². The Kier molecular flexibility index (Phi) is 7.03. The highest BCUT2D eigenvalue weighted by Gasteiger charge is 2.12. The van der Waals surface area contributed by atoms with Gasteiger partial charge in [0.05, 0.1) is 23.9 Å². The van der Waals surface area contributed by atoms with Crippen LogP contribution < -0.4 is 14.8 Å².